The van der Waals surface area contributed by atoms with Gasteiger partial charge in [-0.05, 0) is 12.1 Å². The number of imidazole rings is 1. The van der Waals surface area contributed by atoms with Crippen molar-refractivity contribution in [2.45, 2.75) is 19.8 Å². The van der Waals surface area contributed by atoms with Crippen molar-refractivity contribution in [1.82, 2.24) is 14.5 Å². The lowest BCUT2D eigenvalue weighted by Crippen LogP contribution is -2.05. The molecule has 0 radical (unpaired) electrons. The van der Waals surface area contributed by atoms with Crippen molar-refractivity contribution >= 4 is 0 Å². The summed E-state index contributed by atoms with van der Waals surface area (Å²) in [7, 11) is 0. The lowest BCUT2D eigenvalue weighted by molar-refractivity contribution is 0.743. The lowest BCUT2D eigenvalue weighted by Gasteiger charge is -2.10. The summed E-state index contributed by atoms with van der Waals surface area (Å²) < 4.78 is 1.86. The van der Waals surface area contributed by atoms with E-state index in [0.29, 0.717) is 17.3 Å². The molecule has 0 spiro atoms. The van der Waals surface area contributed by atoms with E-state index < -0.39 is 0 Å². The predicted molar refractivity (Wildman–Crippen MR) is 60.2 cm³/mol. The topological polar surface area (TPSA) is 54.5 Å². The molecule has 4 heteroatoms. The van der Waals surface area contributed by atoms with Crippen molar-refractivity contribution in [2.24, 2.45) is 0 Å². The maximum absolute atomic E-state index is 9.02. The molecular formula is C12H12N4. The van der Waals surface area contributed by atoms with Crippen molar-refractivity contribution in [2.75, 3.05) is 0 Å². The Morgan fingerprint density at radius 2 is 2.12 bits per heavy atom. The SMILES string of the molecule is CC(C)c1nccn1-c1ncccc1C#N. The molecule has 0 amide bonds. The fourth-order valence-corrected chi connectivity index (χ4v) is 1.60. The van der Waals surface area contributed by atoms with Gasteiger partial charge in [-0.3, -0.25) is 4.57 Å². The van der Waals surface area contributed by atoms with Crippen LogP contribution < -0.4 is 0 Å². The van der Waals surface area contributed by atoms with Crippen LogP contribution in [0.2, 0.25) is 0 Å². The van der Waals surface area contributed by atoms with Gasteiger partial charge in [0.2, 0.25) is 0 Å². The second-order valence-electron chi connectivity index (χ2n) is 3.80. The van der Waals surface area contributed by atoms with Crippen LogP contribution >= 0.6 is 0 Å². The second kappa shape index (κ2) is 4.15. The lowest BCUT2D eigenvalue weighted by atomic mass is 10.2. The average Bonchev–Trinajstić information content (AvgIpc) is 2.77. The van der Waals surface area contributed by atoms with Gasteiger partial charge in [0.25, 0.3) is 0 Å². The van der Waals surface area contributed by atoms with Crippen LogP contribution in [0.25, 0.3) is 5.82 Å². The summed E-state index contributed by atoms with van der Waals surface area (Å²) in [6.07, 6.45) is 5.24. The smallest absolute Gasteiger partial charge is 0.155 e. The van der Waals surface area contributed by atoms with E-state index in [1.54, 1.807) is 24.5 Å². The van der Waals surface area contributed by atoms with Crippen LogP contribution in [0.3, 0.4) is 0 Å². The van der Waals surface area contributed by atoms with E-state index in [-0.39, 0.29) is 0 Å². The first-order chi connectivity index (χ1) is 7.74. The molecule has 4 nitrogen and oxygen atoms in total. The van der Waals surface area contributed by atoms with Crippen LogP contribution in [0.1, 0.15) is 31.2 Å². The molecule has 0 atom stereocenters. The molecule has 0 saturated carbocycles. The minimum absolute atomic E-state index is 0.295. The summed E-state index contributed by atoms with van der Waals surface area (Å²) in [5.41, 5.74) is 0.558. The van der Waals surface area contributed by atoms with Crippen LogP contribution in [0.15, 0.2) is 30.7 Å². The van der Waals surface area contributed by atoms with Crippen molar-refractivity contribution in [3.63, 3.8) is 0 Å². The van der Waals surface area contributed by atoms with Gasteiger partial charge in [0, 0.05) is 24.5 Å². The van der Waals surface area contributed by atoms with Crippen LogP contribution in [-0.2, 0) is 0 Å². The molecule has 0 saturated heterocycles. The van der Waals surface area contributed by atoms with Gasteiger partial charge in [-0.25, -0.2) is 9.97 Å². The monoisotopic (exact) mass is 212 g/mol. The van der Waals surface area contributed by atoms with Crippen LogP contribution in [0, 0.1) is 11.3 Å². The van der Waals surface area contributed by atoms with Crippen molar-refractivity contribution < 1.29 is 0 Å². The molecule has 0 aliphatic carbocycles. The van der Waals surface area contributed by atoms with E-state index >= 15 is 0 Å². The molecule has 0 fully saturated rings. The van der Waals surface area contributed by atoms with Crippen LogP contribution in [-0.4, -0.2) is 14.5 Å². The molecule has 0 bridgehead atoms. The molecule has 0 aromatic carbocycles. The Morgan fingerprint density at radius 1 is 1.31 bits per heavy atom. The molecule has 2 heterocycles. The quantitative estimate of drug-likeness (QED) is 0.767. The summed E-state index contributed by atoms with van der Waals surface area (Å²) >= 11 is 0. The molecule has 0 aliphatic heterocycles. The Balaban J connectivity index is 2.60. The maximum atomic E-state index is 9.02. The molecule has 0 N–H and O–H groups in total. The normalized spacial score (nSPS) is 10.4. The number of nitriles is 1. The number of pyridine rings is 1. The van der Waals surface area contributed by atoms with Gasteiger partial charge in [-0.15, -0.1) is 0 Å². The van der Waals surface area contributed by atoms with Gasteiger partial charge >= 0.3 is 0 Å². The van der Waals surface area contributed by atoms with Gasteiger partial charge in [0.15, 0.2) is 5.82 Å². The third-order valence-electron chi connectivity index (χ3n) is 2.32. The van der Waals surface area contributed by atoms with Crippen molar-refractivity contribution in [3.8, 4) is 11.9 Å². The largest absolute Gasteiger partial charge is 0.287 e. The third kappa shape index (κ3) is 1.68. The van der Waals surface area contributed by atoms with E-state index in [9.17, 15) is 0 Å². The maximum Gasteiger partial charge on any atom is 0.155 e. The Labute approximate surface area is 94.2 Å². The molecule has 0 unspecified atom stereocenters. The van der Waals surface area contributed by atoms with E-state index in [4.69, 9.17) is 5.26 Å². The highest BCUT2D eigenvalue weighted by atomic mass is 15.1. The van der Waals surface area contributed by atoms with Gasteiger partial charge in [-0.1, -0.05) is 13.8 Å². The summed E-state index contributed by atoms with van der Waals surface area (Å²) in [5.74, 6) is 1.85. The molecule has 2 aromatic heterocycles. The zero-order valence-electron chi connectivity index (χ0n) is 9.25. The summed E-state index contributed by atoms with van der Waals surface area (Å²) in [4.78, 5) is 8.52. The van der Waals surface area contributed by atoms with E-state index in [1.807, 2.05) is 10.8 Å². The third-order valence-corrected chi connectivity index (χ3v) is 2.32. The fourth-order valence-electron chi connectivity index (χ4n) is 1.60. The molecule has 0 aliphatic rings. The zero-order valence-corrected chi connectivity index (χ0v) is 9.25. The zero-order chi connectivity index (χ0) is 11.5. The second-order valence-corrected chi connectivity index (χ2v) is 3.80. The highest BCUT2D eigenvalue weighted by Crippen LogP contribution is 2.18. The number of aromatic nitrogens is 3. The standard InChI is InChI=1S/C12H12N4/c1-9(2)11-15-6-7-16(11)12-10(8-13)4-3-5-14-12/h3-7,9H,1-2H3. The number of hydrogen-bond donors (Lipinski definition) is 0. The Bertz CT molecular complexity index is 534. The minimum Gasteiger partial charge on any atom is -0.287 e. The average molecular weight is 212 g/mol. The predicted octanol–water partition coefficient (Wildman–Crippen LogP) is 2.26. The first-order valence-electron chi connectivity index (χ1n) is 5.12. The molecule has 2 aromatic rings. The summed E-state index contributed by atoms with van der Waals surface area (Å²) in [5, 5.41) is 9.02. The van der Waals surface area contributed by atoms with Crippen LogP contribution in [0.4, 0.5) is 0 Å². The minimum atomic E-state index is 0.295. The Hall–Kier alpha value is -2.15. The number of nitrogens with zero attached hydrogens (tertiary/aromatic N) is 4. The molecule has 16 heavy (non-hydrogen) atoms. The molecular weight excluding hydrogens is 200 g/mol. The van der Waals surface area contributed by atoms with E-state index in [1.165, 1.54) is 0 Å². The Morgan fingerprint density at radius 3 is 2.81 bits per heavy atom. The number of rotatable bonds is 2. The summed E-state index contributed by atoms with van der Waals surface area (Å²) in [6, 6.07) is 5.65. The highest BCUT2D eigenvalue weighted by Gasteiger charge is 2.12. The highest BCUT2D eigenvalue weighted by molar-refractivity contribution is 5.43. The van der Waals surface area contributed by atoms with E-state index in [0.717, 1.165) is 5.82 Å². The first-order valence-corrected chi connectivity index (χ1v) is 5.12. The first kappa shape index (κ1) is 10.4. The van der Waals surface area contributed by atoms with Gasteiger partial charge in [-0.2, -0.15) is 5.26 Å². The molecule has 2 rings (SSSR count). The number of hydrogen-bond acceptors (Lipinski definition) is 3. The summed E-state index contributed by atoms with van der Waals surface area (Å²) in [6.45, 7) is 4.13. The van der Waals surface area contributed by atoms with Gasteiger partial charge in [0.05, 0.1) is 5.56 Å². The van der Waals surface area contributed by atoms with Crippen molar-refractivity contribution in [1.29, 1.82) is 5.26 Å². The van der Waals surface area contributed by atoms with Crippen molar-refractivity contribution in [3.05, 3.63) is 42.1 Å². The van der Waals surface area contributed by atoms with Crippen LogP contribution in [0.5, 0.6) is 0 Å². The Kier molecular flexibility index (Phi) is 2.69. The molecule has 80 valence electrons. The van der Waals surface area contributed by atoms with Gasteiger partial charge < -0.3 is 0 Å². The van der Waals surface area contributed by atoms with E-state index in [2.05, 4.69) is 29.9 Å². The fraction of sp³-hybridized carbons (Fsp3) is 0.250. The van der Waals surface area contributed by atoms with Gasteiger partial charge in [0.1, 0.15) is 11.9 Å².